The van der Waals surface area contributed by atoms with Crippen LogP contribution in [-0.2, 0) is 6.54 Å². The molecule has 5 nitrogen and oxygen atoms in total. The maximum atomic E-state index is 12.0. The second-order valence-corrected chi connectivity index (χ2v) is 4.60. The van der Waals surface area contributed by atoms with Gasteiger partial charge in [-0.15, -0.1) is 0 Å². The molecule has 0 amide bonds. The number of oxazole rings is 1. The van der Waals surface area contributed by atoms with Crippen molar-refractivity contribution < 1.29 is 13.9 Å². The first-order valence-electron chi connectivity index (χ1n) is 6.52. The third kappa shape index (κ3) is 2.38. The molecule has 0 unspecified atom stereocenters. The van der Waals surface area contributed by atoms with Crippen molar-refractivity contribution in [2.24, 2.45) is 0 Å². The zero-order valence-electron chi connectivity index (χ0n) is 11.8. The summed E-state index contributed by atoms with van der Waals surface area (Å²) >= 11 is 0. The molecule has 1 aromatic heterocycles. The summed E-state index contributed by atoms with van der Waals surface area (Å²) in [5, 5.41) is 0. The minimum Gasteiger partial charge on any atom is -0.497 e. The Balaban J connectivity index is 2.10. The lowest BCUT2D eigenvalue weighted by atomic mass is 10.2. The lowest BCUT2D eigenvalue weighted by molar-refractivity contribution is 0.397. The Morgan fingerprint density at radius 1 is 1.10 bits per heavy atom. The maximum Gasteiger partial charge on any atom is 0.420 e. The smallest absolute Gasteiger partial charge is 0.420 e. The van der Waals surface area contributed by atoms with Crippen molar-refractivity contribution in [2.45, 2.75) is 6.54 Å². The third-order valence-electron chi connectivity index (χ3n) is 3.39. The summed E-state index contributed by atoms with van der Waals surface area (Å²) in [7, 11) is 3.20. The summed E-state index contributed by atoms with van der Waals surface area (Å²) in [5.41, 5.74) is 2.18. The van der Waals surface area contributed by atoms with Gasteiger partial charge in [0.15, 0.2) is 5.58 Å². The van der Waals surface area contributed by atoms with Gasteiger partial charge in [-0.25, -0.2) is 4.79 Å². The van der Waals surface area contributed by atoms with Crippen molar-refractivity contribution in [3.05, 3.63) is 58.6 Å². The monoisotopic (exact) mass is 285 g/mol. The van der Waals surface area contributed by atoms with Gasteiger partial charge in [-0.05, 0) is 30.3 Å². The van der Waals surface area contributed by atoms with Crippen molar-refractivity contribution >= 4 is 11.1 Å². The van der Waals surface area contributed by atoms with E-state index in [0.29, 0.717) is 23.6 Å². The van der Waals surface area contributed by atoms with Crippen LogP contribution in [0.3, 0.4) is 0 Å². The van der Waals surface area contributed by atoms with Crippen molar-refractivity contribution in [1.82, 2.24) is 4.57 Å². The van der Waals surface area contributed by atoms with Crippen molar-refractivity contribution in [3.8, 4) is 11.5 Å². The number of methoxy groups -OCH3 is 2. The molecule has 2 aromatic carbocycles. The molecular weight excluding hydrogens is 270 g/mol. The Morgan fingerprint density at radius 2 is 1.90 bits per heavy atom. The third-order valence-corrected chi connectivity index (χ3v) is 3.39. The summed E-state index contributed by atoms with van der Waals surface area (Å²) in [6.07, 6.45) is 0. The molecule has 21 heavy (non-hydrogen) atoms. The summed E-state index contributed by atoms with van der Waals surface area (Å²) in [4.78, 5) is 12.0. The molecule has 108 valence electrons. The molecule has 0 spiro atoms. The Hall–Kier alpha value is -2.69. The van der Waals surface area contributed by atoms with Gasteiger partial charge in [0, 0.05) is 5.56 Å². The van der Waals surface area contributed by atoms with Crippen LogP contribution < -0.4 is 15.2 Å². The highest BCUT2D eigenvalue weighted by atomic mass is 16.5. The predicted molar refractivity (Wildman–Crippen MR) is 79.1 cm³/mol. The van der Waals surface area contributed by atoms with E-state index in [9.17, 15) is 4.79 Å². The molecule has 3 rings (SSSR count). The fourth-order valence-corrected chi connectivity index (χ4v) is 2.34. The highest BCUT2D eigenvalue weighted by Crippen LogP contribution is 2.25. The lowest BCUT2D eigenvalue weighted by Gasteiger charge is -2.10. The zero-order chi connectivity index (χ0) is 14.8. The van der Waals surface area contributed by atoms with Crippen LogP contribution >= 0.6 is 0 Å². The van der Waals surface area contributed by atoms with Crippen LogP contribution in [0, 0.1) is 0 Å². The van der Waals surface area contributed by atoms with E-state index < -0.39 is 0 Å². The van der Waals surface area contributed by atoms with Crippen LogP contribution in [0.1, 0.15) is 5.56 Å². The number of nitrogens with zero attached hydrogens (tertiary/aromatic N) is 1. The minimum atomic E-state index is -0.388. The quantitative estimate of drug-likeness (QED) is 0.739. The largest absolute Gasteiger partial charge is 0.497 e. The molecule has 0 saturated heterocycles. The lowest BCUT2D eigenvalue weighted by Crippen LogP contribution is -2.15. The van der Waals surface area contributed by atoms with E-state index in [4.69, 9.17) is 13.9 Å². The number of ether oxygens (including phenoxy) is 2. The highest BCUT2D eigenvalue weighted by molar-refractivity contribution is 5.72. The molecule has 0 radical (unpaired) electrons. The van der Waals surface area contributed by atoms with Gasteiger partial charge >= 0.3 is 5.76 Å². The SMILES string of the molecule is COc1ccc(OC)c(Cn2c(=O)oc3ccccc32)c1. The number of benzene rings is 2. The van der Waals surface area contributed by atoms with Gasteiger partial charge < -0.3 is 13.9 Å². The standard InChI is InChI=1S/C16H15NO4/c1-19-12-7-8-14(20-2)11(9-12)10-17-13-5-3-4-6-15(13)21-16(17)18/h3-9H,10H2,1-2H3. The van der Waals surface area contributed by atoms with Crippen LogP contribution in [0.4, 0.5) is 0 Å². The molecule has 0 aliphatic rings. The first kappa shape index (κ1) is 13.3. The predicted octanol–water partition coefficient (Wildman–Crippen LogP) is 2.66. The summed E-state index contributed by atoms with van der Waals surface area (Å²) in [5.74, 6) is 1.03. The maximum absolute atomic E-state index is 12.0. The fraction of sp³-hybridized carbons (Fsp3) is 0.188. The minimum absolute atomic E-state index is 0.357. The highest BCUT2D eigenvalue weighted by Gasteiger charge is 2.12. The van der Waals surface area contributed by atoms with Crippen LogP contribution in [0.25, 0.3) is 11.1 Å². The zero-order valence-corrected chi connectivity index (χ0v) is 11.8. The first-order valence-corrected chi connectivity index (χ1v) is 6.52. The molecule has 0 saturated carbocycles. The Morgan fingerprint density at radius 3 is 2.67 bits per heavy atom. The Kier molecular flexibility index (Phi) is 3.39. The molecule has 0 N–H and O–H groups in total. The van der Waals surface area contributed by atoms with Crippen LogP contribution in [-0.4, -0.2) is 18.8 Å². The van der Waals surface area contributed by atoms with Crippen molar-refractivity contribution in [2.75, 3.05) is 14.2 Å². The van der Waals surface area contributed by atoms with E-state index in [1.807, 2.05) is 36.4 Å². The first-order chi connectivity index (χ1) is 10.2. The average Bonchev–Trinajstić information content (AvgIpc) is 2.83. The van der Waals surface area contributed by atoms with E-state index >= 15 is 0 Å². The van der Waals surface area contributed by atoms with E-state index in [0.717, 1.165) is 11.1 Å². The molecular formula is C16H15NO4. The number of hydrogen-bond donors (Lipinski definition) is 0. The Bertz CT molecular complexity index is 832. The number of rotatable bonds is 4. The summed E-state index contributed by atoms with van der Waals surface area (Å²) in [6, 6.07) is 12.8. The average molecular weight is 285 g/mol. The van der Waals surface area contributed by atoms with Gasteiger partial charge in [-0.1, -0.05) is 12.1 Å². The normalized spacial score (nSPS) is 10.8. The van der Waals surface area contributed by atoms with Crippen LogP contribution in [0.15, 0.2) is 51.7 Å². The molecule has 0 fully saturated rings. The van der Waals surface area contributed by atoms with E-state index in [2.05, 4.69) is 0 Å². The van der Waals surface area contributed by atoms with Crippen molar-refractivity contribution in [1.29, 1.82) is 0 Å². The molecule has 5 heteroatoms. The van der Waals surface area contributed by atoms with Gasteiger partial charge in [0.1, 0.15) is 11.5 Å². The van der Waals surface area contributed by atoms with Gasteiger partial charge in [0.2, 0.25) is 0 Å². The van der Waals surface area contributed by atoms with Gasteiger partial charge in [-0.2, -0.15) is 0 Å². The van der Waals surface area contributed by atoms with E-state index in [1.165, 1.54) is 0 Å². The topological polar surface area (TPSA) is 53.6 Å². The fourth-order valence-electron chi connectivity index (χ4n) is 2.34. The second-order valence-electron chi connectivity index (χ2n) is 4.60. The van der Waals surface area contributed by atoms with E-state index in [-0.39, 0.29) is 5.76 Å². The molecule has 3 aromatic rings. The number of fused-ring (bicyclic) bond motifs is 1. The van der Waals surface area contributed by atoms with Crippen LogP contribution in [0.5, 0.6) is 11.5 Å². The molecule has 0 bridgehead atoms. The van der Waals surface area contributed by atoms with Crippen molar-refractivity contribution in [3.63, 3.8) is 0 Å². The number of hydrogen-bond acceptors (Lipinski definition) is 4. The number of aromatic nitrogens is 1. The van der Waals surface area contributed by atoms with Crippen LogP contribution in [0.2, 0.25) is 0 Å². The Labute approximate surface area is 121 Å². The molecule has 0 aliphatic carbocycles. The van der Waals surface area contributed by atoms with Gasteiger partial charge in [0.25, 0.3) is 0 Å². The molecule has 0 atom stereocenters. The van der Waals surface area contributed by atoms with E-state index in [1.54, 1.807) is 24.9 Å². The molecule has 1 heterocycles. The molecule has 0 aliphatic heterocycles. The second kappa shape index (κ2) is 5.36. The summed E-state index contributed by atoms with van der Waals surface area (Å²) in [6.45, 7) is 0.357. The van der Waals surface area contributed by atoms with Gasteiger partial charge in [-0.3, -0.25) is 4.57 Å². The van der Waals surface area contributed by atoms with Gasteiger partial charge in [0.05, 0.1) is 26.3 Å². The number of para-hydroxylation sites is 2. The summed E-state index contributed by atoms with van der Waals surface area (Å²) < 4.78 is 17.4.